The van der Waals surface area contributed by atoms with Crippen molar-refractivity contribution in [2.24, 2.45) is 0 Å². The molecule has 1 N–H and O–H groups in total. The summed E-state index contributed by atoms with van der Waals surface area (Å²) in [6.07, 6.45) is 5.37. The lowest BCUT2D eigenvalue weighted by molar-refractivity contribution is -0.123. The lowest BCUT2D eigenvalue weighted by atomic mass is 10.1. The molecule has 3 aliphatic rings. The predicted molar refractivity (Wildman–Crippen MR) is 111 cm³/mol. The van der Waals surface area contributed by atoms with Gasteiger partial charge >= 0.3 is 6.03 Å². The number of nitrogens with one attached hydrogen (secondary N) is 1. The molecule has 3 aliphatic heterocycles. The highest BCUT2D eigenvalue weighted by Crippen LogP contribution is 2.27. The minimum atomic E-state index is -0.543. The number of hydrogen-bond acceptors (Lipinski definition) is 7. The first-order chi connectivity index (χ1) is 15.1. The van der Waals surface area contributed by atoms with E-state index in [1.807, 2.05) is 12.1 Å². The van der Waals surface area contributed by atoms with E-state index in [2.05, 4.69) is 31.2 Å². The largest absolute Gasteiger partial charge is 0.353 e. The summed E-state index contributed by atoms with van der Waals surface area (Å²) in [5.74, 6) is 0.387. The number of rotatable bonds is 4. The van der Waals surface area contributed by atoms with Crippen LogP contribution in [0.5, 0.6) is 0 Å². The number of fused-ring (bicyclic) bond motifs is 1. The fraction of sp³-hybridized carbons (Fsp3) is 0.381. The van der Waals surface area contributed by atoms with Crippen LogP contribution in [0.4, 0.5) is 10.6 Å². The lowest BCUT2D eigenvalue weighted by Crippen LogP contribution is -2.56. The van der Waals surface area contributed by atoms with Gasteiger partial charge in [-0.2, -0.15) is 0 Å². The molecule has 0 radical (unpaired) electrons. The minimum absolute atomic E-state index is 0.192. The first kappa shape index (κ1) is 19.4. The van der Waals surface area contributed by atoms with Crippen LogP contribution in [-0.2, 0) is 17.9 Å². The number of amides is 4. The number of nitrogens with zero attached hydrogens (tertiary/aromatic N) is 6. The molecule has 2 fully saturated rings. The van der Waals surface area contributed by atoms with Crippen molar-refractivity contribution < 1.29 is 14.4 Å². The number of hydrazine groups is 1. The Balaban J connectivity index is 1.22. The first-order valence-electron chi connectivity index (χ1n) is 10.4. The molecule has 0 atom stereocenters. The van der Waals surface area contributed by atoms with Gasteiger partial charge in [-0.25, -0.2) is 19.8 Å². The molecule has 160 valence electrons. The van der Waals surface area contributed by atoms with Gasteiger partial charge in [0.1, 0.15) is 5.82 Å². The molecule has 1 aromatic carbocycles. The van der Waals surface area contributed by atoms with Crippen LogP contribution in [0.3, 0.4) is 0 Å². The van der Waals surface area contributed by atoms with Crippen molar-refractivity contribution in [3.05, 3.63) is 53.5 Å². The van der Waals surface area contributed by atoms with E-state index in [-0.39, 0.29) is 24.8 Å². The summed E-state index contributed by atoms with van der Waals surface area (Å²) in [4.78, 5) is 49.4. The molecule has 31 heavy (non-hydrogen) atoms. The van der Waals surface area contributed by atoms with Gasteiger partial charge in [0.2, 0.25) is 5.91 Å². The van der Waals surface area contributed by atoms with E-state index in [0.717, 1.165) is 49.7 Å². The van der Waals surface area contributed by atoms with Gasteiger partial charge in [-0.05, 0) is 17.2 Å². The fourth-order valence-corrected chi connectivity index (χ4v) is 4.29. The number of hydrogen-bond donors (Lipinski definition) is 1. The van der Waals surface area contributed by atoms with Crippen molar-refractivity contribution in [1.82, 2.24) is 30.2 Å². The summed E-state index contributed by atoms with van der Waals surface area (Å²) >= 11 is 0. The number of anilines is 1. The molecule has 0 aliphatic carbocycles. The molecule has 2 saturated heterocycles. The second kappa shape index (κ2) is 7.95. The van der Waals surface area contributed by atoms with Crippen molar-refractivity contribution in [3.63, 3.8) is 0 Å². The van der Waals surface area contributed by atoms with Crippen LogP contribution in [0.25, 0.3) is 0 Å². The zero-order valence-electron chi connectivity index (χ0n) is 17.0. The van der Waals surface area contributed by atoms with Gasteiger partial charge in [-0.1, -0.05) is 12.1 Å². The molecule has 0 spiro atoms. The SMILES string of the molecule is O=C1CCN(N2Cc3cc(CN4CCN(c5cnccn5)CC4)ccc3C2=O)C(=O)N1. The van der Waals surface area contributed by atoms with E-state index in [4.69, 9.17) is 0 Å². The maximum atomic E-state index is 12.8. The van der Waals surface area contributed by atoms with Gasteiger partial charge in [-0.15, -0.1) is 0 Å². The highest BCUT2D eigenvalue weighted by atomic mass is 16.2. The van der Waals surface area contributed by atoms with E-state index in [1.165, 1.54) is 10.0 Å². The monoisotopic (exact) mass is 421 g/mol. The van der Waals surface area contributed by atoms with Crippen LogP contribution in [0.2, 0.25) is 0 Å². The summed E-state index contributed by atoms with van der Waals surface area (Å²) in [6.45, 7) is 4.96. The van der Waals surface area contributed by atoms with Gasteiger partial charge < -0.3 is 4.90 Å². The van der Waals surface area contributed by atoms with Crippen molar-refractivity contribution in [2.75, 3.05) is 37.6 Å². The van der Waals surface area contributed by atoms with Crippen molar-refractivity contribution in [1.29, 1.82) is 0 Å². The van der Waals surface area contributed by atoms with Crippen LogP contribution in [0, 0.1) is 0 Å². The van der Waals surface area contributed by atoms with Crippen LogP contribution < -0.4 is 10.2 Å². The van der Waals surface area contributed by atoms with Gasteiger partial charge in [-0.3, -0.25) is 24.8 Å². The number of aromatic nitrogens is 2. The quantitative estimate of drug-likeness (QED) is 0.772. The highest BCUT2D eigenvalue weighted by molar-refractivity contribution is 6.01. The summed E-state index contributed by atoms with van der Waals surface area (Å²) < 4.78 is 0. The third kappa shape index (κ3) is 3.81. The molecular formula is C21H23N7O3. The average Bonchev–Trinajstić information content (AvgIpc) is 3.10. The molecule has 4 heterocycles. The molecular weight excluding hydrogens is 398 g/mol. The Labute approximate surface area is 179 Å². The second-order valence-electron chi connectivity index (χ2n) is 7.91. The molecule has 0 saturated carbocycles. The van der Waals surface area contributed by atoms with E-state index in [0.29, 0.717) is 12.1 Å². The number of piperazine rings is 1. The first-order valence-corrected chi connectivity index (χ1v) is 10.4. The zero-order valence-corrected chi connectivity index (χ0v) is 17.0. The zero-order chi connectivity index (χ0) is 21.4. The number of carbonyl (C=O) groups is 3. The Morgan fingerprint density at radius 3 is 2.55 bits per heavy atom. The van der Waals surface area contributed by atoms with Crippen molar-refractivity contribution in [2.45, 2.75) is 19.5 Å². The third-order valence-electron chi connectivity index (χ3n) is 5.93. The molecule has 1 aromatic heterocycles. The van der Waals surface area contributed by atoms with E-state index >= 15 is 0 Å². The van der Waals surface area contributed by atoms with Crippen LogP contribution in [-0.4, -0.2) is 75.5 Å². The Morgan fingerprint density at radius 1 is 0.968 bits per heavy atom. The lowest BCUT2D eigenvalue weighted by Gasteiger charge is -2.35. The number of imide groups is 1. The van der Waals surface area contributed by atoms with E-state index in [1.54, 1.807) is 18.6 Å². The summed E-state index contributed by atoms with van der Waals surface area (Å²) in [6, 6.07) is 5.33. The number of benzene rings is 1. The Kier molecular flexibility index (Phi) is 4.99. The highest BCUT2D eigenvalue weighted by Gasteiger charge is 2.36. The number of carbonyl (C=O) groups excluding carboxylic acids is 3. The molecule has 10 nitrogen and oxygen atoms in total. The second-order valence-corrected chi connectivity index (χ2v) is 7.91. The van der Waals surface area contributed by atoms with Crippen molar-refractivity contribution >= 4 is 23.7 Å². The summed E-state index contributed by atoms with van der Waals surface area (Å²) in [7, 11) is 0. The van der Waals surface area contributed by atoms with E-state index in [9.17, 15) is 14.4 Å². The van der Waals surface area contributed by atoms with Gasteiger partial charge in [0.05, 0.1) is 19.3 Å². The molecule has 0 bridgehead atoms. The Morgan fingerprint density at radius 2 is 1.81 bits per heavy atom. The normalized spacial score (nSPS) is 19.6. The minimum Gasteiger partial charge on any atom is -0.353 e. The predicted octanol–water partition coefficient (Wildman–Crippen LogP) is 0.611. The maximum absolute atomic E-state index is 12.8. The average molecular weight is 421 g/mol. The summed E-state index contributed by atoms with van der Waals surface area (Å²) in [5.41, 5.74) is 2.66. The standard InChI is InChI=1S/C21H23N7O3/c29-19-3-6-27(21(31)24-19)28-14-16-11-15(1-2-17(16)20(28)30)13-25-7-9-26(10-8-25)18-12-22-4-5-23-18/h1-2,4-5,11-12H,3,6-10,13-14H2,(H,24,29,31). The maximum Gasteiger partial charge on any atom is 0.342 e. The van der Waals surface area contributed by atoms with Crippen LogP contribution >= 0.6 is 0 Å². The topological polar surface area (TPSA) is 102 Å². The van der Waals surface area contributed by atoms with Gasteiger partial charge in [0, 0.05) is 57.1 Å². The molecule has 0 unspecified atom stereocenters. The fourth-order valence-electron chi connectivity index (χ4n) is 4.29. The Hall–Kier alpha value is -3.53. The Bertz CT molecular complexity index is 1020. The molecule has 5 rings (SSSR count). The number of urea groups is 1. The smallest absolute Gasteiger partial charge is 0.342 e. The van der Waals surface area contributed by atoms with E-state index < -0.39 is 6.03 Å². The van der Waals surface area contributed by atoms with Crippen LogP contribution in [0.15, 0.2) is 36.8 Å². The van der Waals surface area contributed by atoms with Crippen LogP contribution in [0.1, 0.15) is 27.9 Å². The molecule has 2 aromatic rings. The molecule has 4 amide bonds. The third-order valence-corrected chi connectivity index (χ3v) is 5.93. The van der Waals surface area contributed by atoms with Gasteiger partial charge in [0.15, 0.2) is 0 Å². The van der Waals surface area contributed by atoms with Gasteiger partial charge in [0.25, 0.3) is 5.91 Å². The van der Waals surface area contributed by atoms with Crippen molar-refractivity contribution in [3.8, 4) is 0 Å². The summed E-state index contributed by atoms with van der Waals surface area (Å²) in [5, 5.41) is 5.02. The molecule has 10 heteroatoms.